The van der Waals surface area contributed by atoms with Crippen LogP contribution in [0, 0.1) is 0 Å². The Kier molecular flexibility index (Phi) is 3.88. The second kappa shape index (κ2) is 6.63. The van der Waals surface area contributed by atoms with Crippen molar-refractivity contribution in [2.24, 2.45) is 0 Å². The number of esters is 1. The molecule has 0 radical (unpaired) electrons. The Hall–Kier alpha value is -3.27. The Balaban J connectivity index is 1.61. The van der Waals surface area contributed by atoms with Crippen LogP contribution in [-0.2, 0) is 10.3 Å². The van der Waals surface area contributed by atoms with Gasteiger partial charge in [-0.1, -0.05) is 61.7 Å². The minimum atomic E-state index is -1.00. The third-order valence-corrected chi connectivity index (χ3v) is 6.60. The first-order valence-corrected chi connectivity index (χ1v) is 10.8. The van der Waals surface area contributed by atoms with E-state index in [9.17, 15) is 4.79 Å². The van der Waals surface area contributed by atoms with Gasteiger partial charge in [0.05, 0.1) is 5.56 Å². The highest BCUT2D eigenvalue weighted by atomic mass is 16.6. The fourth-order valence-electron chi connectivity index (χ4n) is 5.27. The molecule has 30 heavy (non-hydrogen) atoms. The van der Waals surface area contributed by atoms with Gasteiger partial charge in [-0.05, 0) is 37.1 Å². The Labute approximate surface area is 175 Å². The topological polar surface area (TPSA) is 47.6 Å². The van der Waals surface area contributed by atoms with Crippen molar-refractivity contribution in [1.82, 2.24) is 0 Å². The van der Waals surface area contributed by atoms with E-state index in [4.69, 9.17) is 9.47 Å². The van der Waals surface area contributed by atoms with Crippen molar-refractivity contribution in [2.75, 3.05) is 5.32 Å². The predicted molar refractivity (Wildman–Crippen MR) is 115 cm³/mol. The van der Waals surface area contributed by atoms with Crippen molar-refractivity contribution in [2.45, 2.75) is 43.7 Å². The van der Waals surface area contributed by atoms with Crippen molar-refractivity contribution in [3.63, 3.8) is 0 Å². The number of carbonyl (C=O) groups excluding carboxylic acids is 1. The summed E-state index contributed by atoms with van der Waals surface area (Å²) in [5.74, 6) is 1.16. The standard InChI is InChI=1S/C26H23NO3/c28-25-18-11-8-14-21(27-17-9-2-1-3-10-17)24(18)26(30-25)19-12-4-6-15-22(19)29-23-16-7-5-13-20(23)26/h4-8,11-17,27H,1-3,9-10H2. The van der Waals surface area contributed by atoms with Crippen molar-refractivity contribution < 1.29 is 14.3 Å². The van der Waals surface area contributed by atoms with E-state index < -0.39 is 5.60 Å². The Morgan fingerprint density at radius 3 is 2.17 bits per heavy atom. The third kappa shape index (κ3) is 2.43. The lowest BCUT2D eigenvalue weighted by Crippen LogP contribution is -2.34. The zero-order valence-corrected chi connectivity index (χ0v) is 16.7. The van der Waals surface area contributed by atoms with Gasteiger partial charge in [0.15, 0.2) is 5.60 Å². The van der Waals surface area contributed by atoms with E-state index in [0.717, 1.165) is 46.7 Å². The molecule has 4 nitrogen and oxygen atoms in total. The fourth-order valence-corrected chi connectivity index (χ4v) is 5.27. The molecule has 0 atom stereocenters. The second-order valence-corrected chi connectivity index (χ2v) is 8.37. The number of anilines is 1. The maximum atomic E-state index is 13.1. The maximum Gasteiger partial charge on any atom is 0.340 e. The summed E-state index contributed by atoms with van der Waals surface area (Å²) in [5, 5.41) is 3.76. The average molecular weight is 397 g/mol. The summed E-state index contributed by atoms with van der Waals surface area (Å²) < 4.78 is 12.5. The van der Waals surface area contributed by atoms with Gasteiger partial charge >= 0.3 is 5.97 Å². The molecule has 4 heteroatoms. The zero-order valence-electron chi connectivity index (χ0n) is 16.7. The molecule has 0 bridgehead atoms. The lowest BCUT2D eigenvalue weighted by molar-refractivity contribution is 0.0226. The largest absolute Gasteiger partial charge is 0.456 e. The van der Waals surface area contributed by atoms with Crippen molar-refractivity contribution in [3.05, 3.63) is 89.0 Å². The summed E-state index contributed by atoms with van der Waals surface area (Å²) in [4.78, 5) is 13.1. The molecule has 1 spiro atoms. The van der Waals surface area contributed by atoms with E-state index in [1.165, 1.54) is 19.3 Å². The van der Waals surface area contributed by atoms with Crippen LogP contribution in [0.5, 0.6) is 11.5 Å². The van der Waals surface area contributed by atoms with Gasteiger partial charge in [0, 0.05) is 28.4 Å². The maximum absolute atomic E-state index is 13.1. The van der Waals surface area contributed by atoms with Crippen LogP contribution >= 0.6 is 0 Å². The fraction of sp³-hybridized carbons (Fsp3) is 0.269. The molecular weight excluding hydrogens is 374 g/mol. The SMILES string of the molecule is O=C1OC2(c3ccccc3Oc3ccccc32)c2c(NC3CCCCC3)cccc21. The molecule has 6 rings (SSSR count). The molecule has 0 saturated heterocycles. The minimum absolute atomic E-state index is 0.288. The number of hydrogen-bond donors (Lipinski definition) is 1. The molecule has 0 aromatic heterocycles. The normalized spacial score (nSPS) is 18.7. The first-order chi connectivity index (χ1) is 14.8. The van der Waals surface area contributed by atoms with Gasteiger partial charge in [0.25, 0.3) is 0 Å². The highest BCUT2D eigenvalue weighted by molar-refractivity contribution is 5.99. The van der Waals surface area contributed by atoms with E-state index in [1.807, 2.05) is 60.7 Å². The summed E-state index contributed by atoms with van der Waals surface area (Å²) in [5.41, 5.74) is 3.25. The molecular formula is C26H23NO3. The van der Waals surface area contributed by atoms with Crippen molar-refractivity contribution in [3.8, 4) is 11.5 Å². The highest BCUT2D eigenvalue weighted by Gasteiger charge is 2.54. The quantitative estimate of drug-likeness (QED) is 0.539. The number of nitrogens with one attached hydrogen (secondary N) is 1. The van der Waals surface area contributed by atoms with Gasteiger partial charge in [-0.15, -0.1) is 0 Å². The Morgan fingerprint density at radius 1 is 0.800 bits per heavy atom. The molecule has 0 unspecified atom stereocenters. The summed E-state index contributed by atoms with van der Waals surface area (Å²) in [7, 11) is 0. The van der Waals surface area contributed by atoms with E-state index in [-0.39, 0.29) is 5.97 Å². The third-order valence-electron chi connectivity index (χ3n) is 6.60. The summed E-state index contributed by atoms with van der Waals surface area (Å²) >= 11 is 0. The smallest absolute Gasteiger partial charge is 0.340 e. The second-order valence-electron chi connectivity index (χ2n) is 8.37. The number of rotatable bonds is 2. The highest BCUT2D eigenvalue weighted by Crippen LogP contribution is 2.57. The van der Waals surface area contributed by atoms with Crippen LogP contribution in [0.15, 0.2) is 66.7 Å². The van der Waals surface area contributed by atoms with Gasteiger partial charge in [0.2, 0.25) is 0 Å². The molecule has 3 aliphatic rings. The summed E-state index contributed by atoms with van der Waals surface area (Å²) in [6, 6.07) is 22.1. The molecule has 1 saturated carbocycles. The number of para-hydroxylation sites is 2. The first-order valence-electron chi connectivity index (χ1n) is 10.8. The van der Waals surface area contributed by atoms with Crippen LogP contribution in [0.25, 0.3) is 0 Å². The Morgan fingerprint density at radius 2 is 1.47 bits per heavy atom. The molecule has 1 aliphatic carbocycles. The minimum Gasteiger partial charge on any atom is -0.456 e. The van der Waals surface area contributed by atoms with Crippen LogP contribution in [0.3, 0.4) is 0 Å². The van der Waals surface area contributed by atoms with Crippen molar-refractivity contribution >= 4 is 11.7 Å². The van der Waals surface area contributed by atoms with Gasteiger partial charge in [-0.3, -0.25) is 0 Å². The molecule has 150 valence electrons. The number of hydrogen-bond acceptors (Lipinski definition) is 4. The lowest BCUT2D eigenvalue weighted by atomic mass is 9.77. The monoisotopic (exact) mass is 397 g/mol. The number of fused-ring (bicyclic) bond motifs is 6. The van der Waals surface area contributed by atoms with E-state index in [1.54, 1.807) is 0 Å². The van der Waals surface area contributed by atoms with Crippen LogP contribution in [0.1, 0.15) is 59.2 Å². The first kappa shape index (κ1) is 17.6. The van der Waals surface area contributed by atoms with Crippen molar-refractivity contribution in [1.29, 1.82) is 0 Å². The molecule has 0 amide bonds. The predicted octanol–water partition coefficient (Wildman–Crippen LogP) is 6.00. The molecule has 2 aliphatic heterocycles. The molecule has 2 heterocycles. The number of benzene rings is 3. The van der Waals surface area contributed by atoms with Gasteiger partial charge < -0.3 is 14.8 Å². The van der Waals surface area contributed by atoms with Gasteiger partial charge in [-0.25, -0.2) is 4.79 Å². The van der Waals surface area contributed by atoms with Crippen LogP contribution in [-0.4, -0.2) is 12.0 Å². The van der Waals surface area contributed by atoms with Gasteiger partial charge in [0.1, 0.15) is 11.5 Å². The number of ether oxygens (including phenoxy) is 2. The average Bonchev–Trinajstić information content (AvgIpc) is 3.09. The zero-order chi connectivity index (χ0) is 20.1. The molecule has 1 fully saturated rings. The van der Waals surface area contributed by atoms with Crippen LogP contribution in [0.2, 0.25) is 0 Å². The lowest BCUT2D eigenvalue weighted by Gasteiger charge is -2.37. The number of carbonyl (C=O) groups is 1. The van der Waals surface area contributed by atoms with Gasteiger partial charge in [-0.2, -0.15) is 0 Å². The molecule has 1 N–H and O–H groups in total. The van der Waals surface area contributed by atoms with Crippen LogP contribution in [0.4, 0.5) is 5.69 Å². The summed E-state index contributed by atoms with van der Waals surface area (Å²) in [6.07, 6.45) is 6.09. The van der Waals surface area contributed by atoms with E-state index >= 15 is 0 Å². The van der Waals surface area contributed by atoms with E-state index in [2.05, 4.69) is 11.4 Å². The molecule has 3 aromatic rings. The summed E-state index contributed by atoms with van der Waals surface area (Å²) in [6.45, 7) is 0. The molecule has 3 aromatic carbocycles. The van der Waals surface area contributed by atoms with Crippen LogP contribution < -0.4 is 10.1 Å². The Bertz CT molecular complexity index is 1100. The van der Waals surface area contributed by atoms with E-state index in [0.29, 0.717) is 11.6 Å².